The molecule has 3 aliphatic heterocycles. The van der Waals surface area contributed by atoms with E-state index in [0.717, 1.165) is 51.0 Å². The Morgan fingerprint density at radius 2 is 2.07 bits per heavy atom. The van der Waals surface area contributed by atoms with Gasteiger partial charge in [-0.15, -0.1) is 0 Å². The standard InChI is InChI=1S/C21H31N5O2/c1-24-17(7-8-19(27)25-11-4-5-12-25)14-23-21(28)20-18(24)9-13-26(20)15-16-6-2-3-10-22-16/h2-3,6,10,17-18,20H,4-5,7-9,11-15H2,1H3,(H,23,28)/t17-,18-,20-/m0/s1. The first kappa shape index (κ1) is 19.3. The number of carbonyl (C=O) groups is 2. The van der Waals surface area contributed by atoms with Gasteiger partial charge in [-0.2, -0.15) is 0 Å². The summed E-state index contributed by atoms with van der Waals surface area (Å²) in [5.41, 5.74) is 0.996. The lowest BCUT2D eigenvalue weighted by Crippen LogP contribution is -2.49. The predicted molar refractivity (Wildman–Crippen MR) is 106 cm³/mol. The van der Waals surface area contributed by atoms with Crippen molar-refractivity contribution in [2.75, 3.05) is 33.2 Å². The van der Waals surface area contributed by atoms with Crippen molar-refractivity contribution in [1.82, 2.24) is 25.0 Å². The first-order valence-corrected chi connectivity index (χ1v) is 10.5. The van der Waals surface area contributed by atoms with Crippen molar-refractivity contribution in [3.63, 3.8) is 0 Å². The van der Waals surface area contributed by atoms with E-state index in [-0.39, 0.29) is 29.9 Å². The quantitative estimate of drug-likeness (QED) is 0.814. The Morgan fingerprint density at radius 3 is 2.82 bits per heavy atom. The zero-order valence-electron chi connectivity index (χ0n) is 16.7. The van der Waals surface area contributed by atoms with Gasteiger partial charge < -0.3 is 10.2 Å². The number of likely N-dealkylation sites (tertiary alicyclic amines) is 2. The van der Waals surface area contributed by atoms with Crippen LogP contribution < -0.4 is 5.32 Å². The highest BCUT2D eigenvalue weighted by Crippen LogP contribution is 2.28. The average molecular weight is 386 g/mol. The number of hydrogen-bond acceptors (Lipinski definition) is 5. The van der Waals surface area contributed by atoms with Crippen LogP contribution in [0.3, 0.4) is 0 Å². The Kier molecular flexibility index (Phi) is 5.92. The molecule has 0 radical (unpaired) electrons. The molecule has 7 heteroatoms. The predicted octanol–water partition coefficient (Wildman–Crippen LogP) is 0.857. The second kappa shape index (κ2) is 8.57. The molecule has 4 rings (SSSR count). The van der Waals surface area contributed by atoms with Gasteiger partial charge in [-0.05, 0) is 44.9 Å². The van der Waals surface area contributed by atoms with E-state index in [2.05, 4.69) is 27.1 Å². The molecule has 3 atom stereocenters. The third kappa shape index (κ3) is 4.05. The number of carbonyl (C=O) groups excluding carboxylic acids is 2. The van der Waals surface area contributed by atoms with Crippen molar-refractivity contribution in [3.05, 3.63) is 30.1 Å². The third-order valence-electron chi connectivity index (χ3n) is 6.59. The molecule has 4 heterocycles. The van der Waals surface area contributed by atoms with E-state index in [1.165, 1.54) is 0 Å². The van der Waals surface area contributed by atoms with Crippen LogP contribution in [0.15, 0.2) is 24.4 Å². The average Bonchev–Trinajstić information content (AvgIpc) is 3.36. The summed E-state index contributed by atoms with van der Waals surface area (Å²) in [6.45, 7) is 4.02. The van der Waals surface area contributed by atoms with Crippen LogP contribution in [0.5, 0.6) is 0 Å². The molecule has 152 valence electrons. The lowest BCUT2D eigenvalue weighted by Gasteiger charge is -2.33. The molecule has 28 heavy (non-hydrogen) atoms. The number of rotatable bonds is 5. The van der Waals surface area contributed by atoms with E-state index in [1.54, 1.807) is 6.20 Å². The molecule has 0 unspecified atom stereocenters. The van der Waals surface area contributed by atoms with E-state index < -0.39 is 0 Å². The highest BCUT2D eigenvalue weighted by atomic mass is 16.2. The van der Waals surface area contributed by atoms with Crippen molar-refractivity contribution in [2.24, 2.45) is 0 Å². The summed E-state index contributed by atoms with van der Waals surface area (Å²) >= 11 is 0. The topological polar surface area (TPSA) is 68.8 Å². The van der Waals surface area contributed by atoms with Crippen molar-refractivity contribution in [1.29, 1.82) is 0 Å². The molecule has 0 saturated carbocycles. The minimum Gasteiger partial charge on any atom is -0.353 e. The monoisotopic (exact) mass is 385 g/mol. The minimum absolute atomic E-state index is 0.110. The van der Waals surface area contributed by atoms with Gasteiger partial charge in [0.15, 0.2) is 0 Å². The fraction of sp³-hybridized carbons (Fsp3) is 0.667. The van der Waals surface area contributed by atoms with Crippen LogP contribution in [-0.4, -0.2) is 82.9 Å². The van der Waals surface area contributed by atoms with Crippen LogP contribution >= 0.6 is 0 Å². The number of amides is 2. The Morgan fingerprint density at radius 1 is 1.25 bits per heavy atom. The number of pyridine rings is 1. The summed E-state index contributed by atoms with van der Waals surface area (Å²) in [5.74, 6) is 0.375. The van der Waals surface area contributed by atoms with Crippen LogP contribution in [0, 0.1) is 0 Å². The highest BCUT2D eigenvalue weighted by molar-refractivity contribution is 5.83. The van der Waals surface area contributed by atoms with Crippen LogP contribution in [0.2, 0.25) is 0 Å². The summed E-state index contributed by atoms with van der Waals surface area (Å²) in [6.07, 6.45) is 6.39. The van der Waals surface area contributed by atoms with Gasteiger partial charge in [-0.25, -0.2) is 0 Å². The molecule has 0 aliphatic carbocycles. The third-order valence-corrected chi connectivity index (χ3v) is 6.59. The molecule has 0 bridgehead atoms. The Bertz CT molecular complexity index is 691. The van der Waals surface area contributed by atoms with E-state index in [9.17, 15) is 9.59 Å². The summed E-state index contributed by atoms with van der Waals surface area (Å²) in [6, 6.07) is 6.17. The molecular formula is C21H31N5O2. The Hall–Kier alpha value is -1.99. The van der Waals surface area contributed by atoms with Gasteiger partial charge in [0.25, 0.3) is 0 Å². The second-order valence-electron chi connectivity index (χ2n) is 8.28. The molecule has 7 nitrogen and oxygen atoms in total. The lowest BCUT2D eigenvalue weighted by atomic mass is 10.0. The van der Waals surface area contributed by atoms with Crippen molar-refractivity contribution in [2.45, 2.75) is 56.8 Å². The van der Waals surface area contributed by atoms with Gasteiger partial charge in [0.1, 0.15) is 6.04 Å². The van der Waals surface area contributed by atoms with Gasteiger partial charge in [0.05, 0.1) is 5.69 Å². The maximum absolute atomic E-state index is 12.9. The molecule has 1 N–H and O–H groups in total. The zero-order valence-corrected chi connectivity index (χ0v) is 16.7. The molecule has 3 aliphatic rings. The number of fused-ring (bicyclic) bond motifs is 1. The molecule has 1 aromatic heterocycles. The summed E-state index contributed by atoms with van der Waals surface area (Å²) in [5, 5.41) is 3.14. The molecule has 2 amide bonds. The van der Waals surface area contributed by atoms with E-state index >= 15 is 0 Å². The summed E-state index contributed by atoms with van der Waals surface area (Å²) < 4.78 is 0. The highest BCUT2D eigenvalue weighted by Gasteiger charge is 2.45. The van der Waals surface area contributed by atoms with Crippen molar-refractivity contribution in [3.8, 4) is 0 Å². The zero-order chi connectivity index (χ0) is 19.5. The maximum atomic E-state index is 12.9. The van der Waals surface area contributed by atoms with Crippen LogP contribution in [0.25, 0.3) is 0 Å². The Labute approximate surface area is 167 Å². The molecule has 0 aromatic carbocycles. The first-order chi connectivity index (χ1) is 13.6. The van der Waals surface area contributed by atoms with E-state index in [1.807, 2.05) is 23.1 Å². The fourth-order valence-electron chi connectivity index (χ4n) is 4.94. The normalized spacial score (nSPS) is 28.8. The largest absolute Gasteiger partial charge is 0.353 e. The van der Waals surface area contributed by atoms with Crippen LogP contribution in [0.1, 0.15) is 37.8 Å². The molecule has 3 fully saturated rings. The second-order valence-corrected chi connectivity index (χ2v) is 8.28. The van der Waals surface area contributed by atoms with E-state index in [4.69, 9.17) is 0 Å². The smallest absolute Gasteiger partial charge is 0.239 e. The number of aromatic nitrogens is 1. The molecular weight excluding hydrogens is 354 g/mol. The minimum atomic E-state index is -0.147. The first-order valence-electron chi connectivity index (χ1n) is 10.5. The van der Waals surface area contributed by atoms with Gasteiger partial charge in [0.2, 0.25) is 11.8 Å². The number of nitrogens with zero attached hydrogens (tertiary/aromatic N) is 4. The maximum Gasteiger partial charge on any atom is 0.239 e. The number of likely N-dealkylation sites (N-methyl/N-ethyl adjacent to an activating group) is 1. The van der Waals surface area contributed by atoms with Crippen LogP contribution in [-0.2, 0) is 16.1 Å². The molecule has 0 spiro atoms. The molecule has 1 aromatic rings. The SMILES string of the molecule is CN1[C@@H](CCC(=O)N2CCCC2)CNC(=O)[C@@H]2[C@@H]1CCN2Cc1ccccn1. The Balaban J connectivity index is 1.39. The van der Waals surface area contributed by atoms with Gasteiger partial charge in [0, 0.05) is 57.4 Å². The van der Waals surface area contributed by atoms with Gasteiger partial charge in [-0.3, -0.25) is 24.4 Å². The van der Waals surface area contributed by atoms with Crippen molar-refractivity contribution >= 4 is 11.8 Å². The molecule has 3 saturated heterocycles. The fourth-order valence-corrected chi connectivity index (χ4v) is 4.94. The van der Waals surface area contributed by atoms with Gasteiger partial charge >= 0.3 is 0 Å². The van der Waals surface area contributed by atoms with Crippen molar-refractivity contribution < 1.29 is 9.59 Å². The summed E-state index contributed by atoms with van der Waals surface area (Å²) in [4.78, 5) is 36.3. The van der Waals surface area contributed by atoms with Gasteiger partial charge in [-0.1, -0.05) is 6.07 Å². The van der Waals surface area contributed by atoms with E-state index in [0.29, 0.717) is 19.5 Å². The lowest BCUT2D eigenvalue weighted by molar-refractivity contribution is -0.130. The number of nitrogens with one attached hydrogen (secondary N) is 1. The van der Waals surface area contributed by atoms with Crippen LogP contribution in [0.4, 0.5) is 0 Å². The number of hydrogen-bond donors (Lipinski definition) is 1. The summed E-state index contributed by atoms with van der Waals surface area (Å²) in [7, 11) is 2.12.